The van der Waals surface area contributed by atoms with Gasteiger partial charge >= 0.3 is 0 Å². The first-order valence-electron chi connectivity index (χ1n) is 6.67. The normalized spacial score (nSPS) is 16.6. The van der Waals surface area contributed by atoms with Gasteiger partial charge in [0.1, 0.15) is 0 Å². The molecule has 3 rings (SSSR count). The Bertz CT molecular complexity index is 651. The number of pyridine rings is 1. The number of rotatable bonds is 1. The van der Waals surface area contributed by atoms with E-state index >= 15 is 0 Å². The van der Waals surface area contributed by atoms with Crippen LogP contribution in [0.15, 0.2) is 30.5 Å². The Balaban J connectivity index is 1.98. The van der Waals surface area contributed by atoms with Crippen LogP contribution in [0.2, 0.25) is 5.02 Å². The summed E-state index contributed by atoms with van der Waals surface area (Å²) in [6.07, 6.45) is 2.63. The number of amides is 1. The molecule has 0 atom stereocenters. The van der Waals surface area contributed by atoms with Crippen molar-refractivity contribution in [2.75, 3.05) is 13.1 Å². The second-order valence-corrected chi connectivity index (χ2v) is 5.43. The van der Waals surface area contributed by atoms with Gasteiger partial charge in [0.15, 0.2) is 0 Å². The summed E-state index contributed by atoms with van der Waals surface area (Å²) in [6, 6.07) is 7.13. The Morgan fingerprint density at radius 2 is 2.05 bits per heavy atom. The maximum atomic E-state index is 12.6. The minimum Gasteiger partial charge on any atom is -0.393 e. The van der Waals surface area contributed by atoms with Gasteiger partial charge in [-0.25, -0.2) is 0 Å². The summed E-state index contributed by atoms with van der Waals surface area (Å²) in [4.78, 5) is 18.7. The number of aromatic nitrogens is 1. The highest BCUT2D eigenvalue weighted by Gasteiger charge is 2.24. The van der Waals surface area contributed by atoms with Gasteiger partial charge < -0.3 is 10.0 Å². The average Bonchev–Trinajstić information content (AvgIpc) is 2.48. The van der Waals surface area contributed by atoms with Gasteiger partial charge in [-0.3, -0.25) is 9.78 Å². The third-order valence-corrected chi connectivity index (χ3v) is 4.03. The van der Waals surface area contributed by atoms with E-state index in [0.29, 0.717) is 42.0 Å². The predicted octanol–water partition coefficient (Wildman–Crippen LogP) is 2.49. The summed E-state index contributed by atoms with van der Waals surface area (Å²) in [6.45, 7) is 1.16. The van der Waals surface area contributed by atoms with Crippen LogP contribution in [0.1, 0.15) is 23.2 Å². The summed E-state index contributed by atoms with van der Waals surface area (Å²) in [7, 11) is 0. The summed E-state index contributed by atoms with van der Waals surface area (Å²) in [5.74, 6) is -0.0442. The van der Waals surface area contributed by atoms with Crippen molar-refractivity contribution in [1.29, 1.82) is 0 Å². The van der Waals surface area contributed by atoms with Gasteiger partial charge in [-0.2, -0.15) is 0 Å². The molecule has 1 aliphatic rings. The summed E-state index contributed by atoms with van der Waals surface area (Å²) < 4.78 is 0. The van der Waals surface area contributed by atoms with Crippen LogP contribution in [-0.2, 0) is 0 Å². The monoisotopic (exact) mass is 290 g/mol. The summed E-state index contributed by atoms with van der Waals surface area (Å²) >= 11 is 6.14. The first-order chi connectivity index (χ1) is 9.66. The summed E-state index contributed by atoms with van der Waals surface area (Å²) in [5, 5.41) is 10.9. The number of benzene rings is 1. The van der Waals surface area contributed by atoms with Crippen LogP contribution in [0, 0.1) is 0 Å². The number of carbonyl (C=O) groups excluding carboxylic acids is 1. The van der Waals surface area contributed by atoms with Crippen molar-refractivity contribution in [1.82, 2.24) is 9.88 Å². The standard InChI is InChI=1S/C15H15ClN2O2/c16-13-4-3-12(14-11(13)2-1-7-17-14)15(20)18-8-5-10(19)6-9-18/h1-4,7,10,19H,5-6,8-9H2. The lowest BCUT2D eigenvalue weighted by Crippen LogP contribution is -2.40. The van der Waals surface area contributed by atoms with Crippen molar-refractivity contribution < 1.29 is 9.90 Å². The number of carbonyl (C=O) groups is 1. The molecule has 0 radical (unpaired) electrons. The van der Waals surface area contributed by atoms with E-state index in [1.54, 1.807) is 29.3 Å². The zero-order valence-corrected chi connectivity index (χ0v) is 11.7. The van der Waals surface area contributed by atoms with Gasteiger partial charge in [-0.05, 0) is 37.1 Å². The first kappa shape index (κ1) is 13.3. The highest BCUT2D eigenvalue weighted by Crippen LogP contribution is 2.26. The van der Waals surface area contributed by atoms with Crippen LogP contribution in [0.5, 0.6) is 0 Å². The molecule has 5 heteroatoms. The Labute approximate surface area is 122 Å². The van der Waals surface area contributed by atoms with E-state index in [-0.39, 0.29) is 12.0 Å². The molecule has 0 spiro atoms. The lowest BCUT2D eigenvalue weighted by molar-refractivity contribution is 0.0548. The quantitative estimate of drug-likeness (QED) is 0.878. The number of aliphatic hydroxyl groups is 1. The Morgan fingerprint density at radius 1 is 1.30 bits per heavy atom. The zero-order valence-electron chi connectivity index (χ0n) is 10.9. The fourth-order valence-corrected chi connectivity index (χ4v) is 2.77. The van der Waals surface area contributed by atoms with E-state index in [1.807, 2.05) is 6.07 Å². The largest absolute Gasteiger partial charge is 0.393 e. The molecule has 2 aromatic rings. The van der Waals surface area contributed by atoms with E-state index in [4.69, 9.17) is 11.6 Å². The fraction of sp³-hybridized carbons (Fsp3) is 0.333. The molecule has 20 heavy (non-hydrogen) atoms. The van der Waals surface area contributed by atoms with Crippen LogP contribution >= 0.6 is 11.6 Å². The number of aliphatic hydroxyl groups excluding tert-OH is 1. The molecular formula is C15H15ClN2O2. The molecule has 1 N–H and O–H groups in total. The van der Waals surface area contributed by atoms with Gasteiger partial charge in [-0.15, -0.1) is 0 Å². The topological polar surface area (TPSA) is 53.4 Å². The maximum Gasteiger partial charge on any atom is 0.256 e. The molecule has 1 amide bonds. The second kappa shape index (κ2) is 5.38. The molecule has 0 unspecified atom stereocenters. The number of fused-ring (bicyclic) bond motifs is 1. The van der Waals surface area contributed by atoms with Crippen LogP contribution in [-0.4, -0.2) is 40.1 Å². The number of likely N-dealkylation sites (tertiary alicyclic amines) is 1. The van der Waals surface area contributed by atoms with E-state index in [1.165, 1.54) is 0 Å². The molecule has 0 saturated carbocycles. The fourth-order valence-electron chi connectivity index (χ4n) is 2.55. The van der Waals surface area contributed by atoms with Crippen LogP contribution in [0.25, 0.3) is 10.9 Å². The zero-order chi connectivity index (χ0) is 14.1. The smallest absolute Gasteiger partial charge is 0.256 e. The molecule has 0 aliphatic carbocycles. The van der Waals surface area contributed by atoms with Gasteiger partial charge in [0, 0.05) is 24.7 Å². The van der Waals surface area contributed by atoms with Gasteiger partial charge in [0.2, 0.25) is 0 Å². The van der Waals surface area contributed by atoms with Gasteiger partial charge in [0.25, 0.3) is 5.91 Å². The third kappa shape index (κ3) is 2.37. The van der Waals surface area contributed by atoms with Crippen molar-refractivity contribution in [2.24, 2.45) is 0 Å². The lowest BCUT2D eigenvalue weighted by atomic mass is 10.0. The first-order valence-corrected chi connectivity index (χ1v) is 7.05. The molecule has 1 aliphatic heterocycles. The Hall–Kier alpha value is -1.65. The highest BCUT2D eigenvalue weighted by atomic mass is 35.5. The van der Waals surface area contributed by atoms with Gasteiger partial charge in [-0.1, -0.05) is 11.6 Å². The van der Waals surface area contributed by atoms with E-state index in [2.05, 4.69) is 4.98 Å². The molecule has 1 saturated heterocycles. The number of hydrogen-bond donors (Lipinski definition) is 1. The molecule has 0 bridgehead atoms. The van der Waals surface area contributed by atoms with Crippen molar-refractivity contribution in [3.63, 3.8) is 0 Å². The molecular weight excluding hydrogens is 276 g/mol. The molecule has 2 heterocycles. The van der Waals surface area contributed by atoms with Crippen LogP contribution < -0.4 is 0 Å². The molecule has 1 aromatic carbocycles. The molecule has 1 aromatic heterocycles. The van der Waals surface area contributed by atoms with Crippen molar-refractivity contribution in [2.45, 2.75) is 18.9 Å². The molecule has 4 nitrogen and oxygen atoms in total. The number of hydrogen-bond acceptors (Lipinski definition) is 3. The second-order valence-electron chi connectivity index (χ2n) is 5.02. The Kier molecular flexibility index (Phi) is 3.59. The maximum absolute atomic E-state index is 12.6. The van der Waals surface area contributed by atoms with E-state index < -0.39 is 0 Å². The average molecular weight is 291 g/mol. The minimum absolute atomic E-state index is 0.0442. The number of nitrogens with zero attached hydrogens (tertiary/aromatic N) is 2. The Morgan fingerprint density at radius 3 is 2.80 bits per heavy atom. The highest BCUT2D eigenvalue weighted by molar-refractivity contribution is 6.36. The molecule has 104 valence electrons. The van der Waals surface area contributed by atoms with Crippen LogP contribution in [0.4, 0.5) is 0 Å². The van der Waals surface area contributed by atoms with E-state index in [0.717, 1.165) is 5.39 Å². The van der Waals surface area contributed by atoms with Crippen molar-refractivity contribution in [3.05, 3.63) is 41.0 Å². The minimum atomic E-state index is -0.292. The predicted molar refractivity (Wildman–Crippen MR) is 77.9 cm³/mol. The van der Waals surface area contributed by atoms with Crippen LogP contribution in [0.3, 0.4) is 0 Å². The van der Waals surface area contributed by atoms with Gasteiger partial charge in [0.05, 0.1) is 22.2 Å². The van der Waals surface area contributed by atoms with E-state index in [9.17, 15) is 9.90 Å². The summed E-state index contributed by atoms with van der Waals surface area (Å²) in [5.41, 5.74) is 1.21. The SMILES string of the molecule is O=C(c1ccc(Cl)c2cccnc12)N1CCC(O)CC1. The van der Waals surface area contributed by atoms with Crippen molar-refractivity contribution in [3.8, 4) is 0 Å². The number of piperidine rings is 1. The lowest BCUT2D eigenvalue weighted by Gasteiger charge is -2.29. The van der Waals surface area contributed by atoms with Crippen molar-refractivity contribution >= 4 is 28.4 Å². The third-order valence-electron chi connectivity index (χ3n) is 3.70. The molecule has 1 fully saturated rings. The number of halogens is 1.